The van der Waals surface area contributed by atoms with E-state index >= 15 is 0 Å². The van der Waals surface area contributed by atoms with Crippen molar-refractivity contribution in [2.24, 2.45) is 0 Å². The van der Waals surface area contributed by atoms with Crippen LogP contribution in [-0.4, -0.2) is 29.8 Å². The molecule has 0 atom stereocenters. The lowest BCUT2D eigenvalue weighted by molar-refractivity contribution is 0.0550. The van der Waals surface area contributed by atoms with Crippen LogP contribution in [0, 0.1) is 6.92 Å². The molecule has 1 aromatic rings. The molecule has 0 aromatic carbocycles. The number of pyridine rings is 1. The monoisotopic (exact) mass is 280 g/mol. The molecule has 0 spiro atoms. The molecule has 1 N–H and O–H groups in total. The van der Waals surface area contributed by atoms with Gasteiger partial charge in [0.15, 0.2) is 0 Å². The highest BCUT2D eigenvalue weighted by Gasteiger charge is 2.11. The van der Waals surface area contributed by atoms with E-state index < -0.39 is 0 Å². The third kappa shape index (κ3) is 6.87. The topological polar surface area (TPSA) is 43.4 Å². The molecule has 0 radical (unpaired) electrons. The molecule has 1 aromatic heterocycles. The Balaban J connectivity index is 2.60. The number of nitrogens with one attached hydrogen (secondary N) is 1. The number of hydrogen-bond donors (Lipinski definition) is 1. The van der Waals surface area contributed by atoms with Gasteiger partial charge in [-0.15, -0.1) is 0 Å². The molecule has 4 heteroatoms. The molecule has 4 nitrogen and oxygen atoms in total. The second-order valence-corrected chi connectivity index (χ2v) is 6.30. The van der Waals surface area contributed by atoms with Crippen molar-refractivity contribution in [2.45, 2.75) is 59.7 Å². The molecule has 0 aliphatic carbocycles. The summed E-state index contributed by atoms with van der Waals surface area (Å²) in [7, 11) is 0. The van der Waals surface area contributed by atoms with Crippen molar-refractivity contribution in [3.8, 4) is 5.75 Å². The van der Waals surface area contributed by atoms with Crippen molar-refractivity contribution in [2.75, 3.05) is 13.2 Å². The number of rotatable bonds is 7. The van der Waals surface area contributed by atoms with E-state index in [0.29, 0.717) is 13.2 Å². The van der Waals surface area contributed by atoms with Crippen LogP contribution in [0.2, 0.25) is 0 Å². The van der Waals surface area contributed by atoms with Crippen LogP contribution in [-0.2, 0) is 11.3 Å². The van der Waals surface area contributed by atoms with Crippen LogP contribution >= 0.6 is 0 Å². The Labute approximate surface area is 122 Å². The summed E-state index contributed by atoms with van der Waals surface area (Å²) in [6.45, 7) is 14.4. The molecule has 0 amide bonds. The molecule has 20 heavy (non-hydrogen) atoms. The molecular formula is C16H28N2O2. The highest BCUT2D eigenvalue weighted by molar-refractivity contribution is 5.32. The van der Waals surface area contributed by atoms with Crippen LogP contribution < -0.4 is 10.1 Å². The maximum atomic E-state index is 5.83. The van der Waals surface area contributed by atoms with Gasteiger partial charge in [-0.3, -0.25) is 4.98 Å². The van der Waals surface area contributed by atoms with Crippen molar-refractivity contribution in [1.29, 1.82) is 0 Å². The predicted molar refractivity (Wildman–Crippen MR) is 82.1 cm³/mol. The predicted octanol–water partition coefficient (Wildman–Crippen LogP) is 3.08. The van der Waals surface area contributed by atoms with Crippen LogP contribution in [0.15, 0.2) is 12.3 Å². The fourth-order valence-electron chi connectivity index (χ4n) is 1.63. The normalized spacial score (nSPS) is 11.9. The van der Waals surface area contributed by atoms with E-state index in [1.165, 1.54) is 0 Å². The zero-order valence-corrected chi connectivity index (χ0v) is 13.6. The van der Waals surface area contributed by atoms with E-state index in [4.69, 9.17) is 9.47 Å². The third-order valence-corrected chi connectivity index (χ3v) is 2.68. The summed E-state index contributed by atoms with van der Waals surface area (Å²) in [5.41, 5.74) is 2.11. The van der Waals surface area contributed by atoms with E-state index in [1.54, 1.807) is 0 Å². The summed E-state index contributed by atoms with van der Waals surface area (Å²) < 4.78 is 11.3. The van der Waals surface area contributed by atoms with Crippen molar-refractivity contribution in [3.63, 3.8) is 0 Å². The van der Waals surface area contributed by atoms with Crippen LogP contribution in [0.25, 0.3) is 0 Å². The number of ether oxygens (including phenoxy) is 2. The van der Waals surface area contributed by atoms with Gasteiger partial charge in [-0.25, -0.2) is 0 Å². The largest absolute Gasteiger partial charge is 0.491 e. The minimum absolute atomic E-state index is 0.0723. The maximum Gasteiger partial charge on any atom is 0.127 e. The molecule has 0 saturated carbocycles. The number of aryl methyl sites for hydroxylation is 1. The van der Waals surface area contributed by atoms with Crippen molar-refractivity contribution < 1.29 is 9.47 Å². The lowest BCUT2D eigenvalue weighted by Crippen LogP contribution is -2.35. The van der Waals surface area contributed by atoms with Crippen molar-refractivity contribution >= 4 is 0 Å². The first kappa shape index (κ1) is 16.9. The quantitative estimate of drug-likeness (QED) is 0.780. The summed E-state index contributed by atoms with van der Waals surface area (Å²) in [5.74, 6) is 0.890. The second kappa shape index (κ2) is 7.60. The van der Waals surface area contributed by atoms with Gasteiger partial charge in [-0.05, 0) is 41.5 Å². The van der Waals surface area contributed by atoms with Gasteiger partial charge >= 0.3 is 0 Å². The van der Waals surface area contributed by atoms with E-state index in [-0.39, 0.29) is 11.6 Å². The van der Waals surface area contributed by atoms with Gasteiger partial charge in [-0.2, -0.15) is 0 Å². The van der Waals surface area contributed by atoms with Gasteiger partial charge in [0.2, 0.25) is 0 Å². The first-order chi connectivity index (χ1) is 9.28. The average molecular weight is 280 g/mol. The van der Waals surface area contributed by atoms with Gasteiger partial charge in [0.1, 0.15) is 12.4 Å². The summed E-state index contributed by atoms with van der Waals surface area (Å²) in [5, 5.41) is 3.46. The van der Waals surface area contributed by atoms with Crippen LogP contribution in [0.4, 0.5) is 0 Å². The Bertz CT molecular complexity index is 411. The minimum atomic E-state index is 0.0723. The van der Waals surface area contributed by atoms with Crippen LogP contribution in [0.3, 0.4) is 0 Å². The lowest BCUT2D eigenvalue weighted by Gasteiger charge is -2.21. The van der Waals surface area contributed by atoms with Gasteiger partial charge in [0.25, 0.3) is 0 Å². The average Bonchev–Trinajstić information content (AvgIpc) is 2.32. The molecule has 0 bridgehead atoms. The summed E-state index contributed by atoms with van der Waals surface area (Å²) in [6.07, 6.45) is 2.12. The van der Waals surface area contributed by atoms with E-state index in [0.717, 1.165) is 23.6 Å². The standard InChI is InChI=1S/C16H28N2O2/c1-12(2)19-7-8-20-15-9-13(3)17-10-14(15)11-18-16(4,5)6/h9-10,12,18H,7-8,11H2,1-6H3. The van der Waals surface area contributed by atoms with E-state index in [9.17, 15) is 0 Å². The van der Waals surface area contributed by atoms with Gasteiger partial charge in [-0.1, -0.05) is 0 Å². The van der Waals surface area contributed by atoms with E-state index in [1.807, 2.05) is 33.0 Å². The number of hydrogen-bond acceptors (Lipinski definition) is 4. The maximum absolute atomic E-state index is 5.83. The SMILES string of the molecule is Cc1cc(OCCOC(C)C)c(CNC(C)(C)C)cn1. The van der Waals surface area contributed by atoms with Gasteiger partial charge in [0.05, 0.1) is 12.7 Å². The number of nitrogens with zero attached hydrogens (tertiary/aromatic N) is 1. The third-order valence-electron chi connectivity index (χ3n) is 2.68. The lowest BCUT2D eigenvalue weighted by atomic mass is 10.1. The summed E-state index contributed by atoms with van der Waals surface area (Å²) in [6, 6.07) is 1.98. The Morgan fingerprint density at radius 2 is 1.95 bits per heavy atom. The first-order valence-corrected chi connectivity index (χ1v) is 7.23. The molecule has 0 unspecified atom stereocenters. The van der Waals surface area contributed by atoms with Crippen LogP contribution in [0.5, 0.6) is 5.75 Å². The molecule has 1 heterocycles. The van der Waals surface area contributed by atoms with E-state index in [2.05, 4.69) is 31.1 Å². The Hall–Kier alpha value is -1.13. The molecule has 0 saturated heterocycles. The number of aromatic nitrogens is 1. The fraction of sp³-hybridized carbons (Fsp3) is 0.688. The zero-order chi connectivity index (χ0) is 15.2. The molecule has 0 aliphatic heterocycles. The molecular weight excluding hydrogens is 252 g/mol. The fourth-order valence-corrected chi connectivity index (χ4v) is 1.63. The van der Waals surface area contributed by atoms with Crippen molar-refractivity contribution in [1.82, 2.24) is 10.3 Å². The first-order valence-electron chi connectivity index (χ1n) is 7.23. The smallest absolute Gasteiger partial charge is 0.127 e. The van der Waals surface area contributed by atoms with Crippen LogP contribution in [0.1, 0.15) is 45.9 Å². The molecule has 1 rings (SSSR count). The second-order valence-electron chi connectivity index (χ2n) is 6.30. The molecule has 114 valence electrons. The van der Waals surface area contributed by atoms with Crippen molar-refractivity contribution in [3.05, 3.63) is 23.5 Å². The summed E-state index contributed by atoms with van der Waals surface area (Å²) in [4.78, 5) is 4.35. The highest BCUT2D eigenvalue weighted by atomic mass is 16.5. The summed E-state index contributed by atoms with van der Waals surface area (Å²) >= 11 is 0. The molecule has 0 aliphatic rings. The van der Waals surface area contributed by atoms with Gasteiger partial charge in [0, 0.05) is 35.6 Å². The Morgan fingerprint density at radius 1 is 1.25 bits per heavy atom. The molecule has 0 fully saturated rings. The zero-order valence-electron chi connectivity index (χ0n) is 13.6. The highest BCUT2D eigenvalue weighted by Crippen LogP contribution is 2.19. The Kier molecular flexibility index (Phi) is 6.43. The minimum Gasteiger partial charge on any atom is -0.491 e. The Morgan fingerprint density at radius 3 is 2.55 bits per heavy atom. The van der Waals surface area contributed by atoms with Gasteiger partial charge < -0.3 is 14.8 Å².